The Hall–Kier alpha value is -0.860. The van der Waals surface area contributed by atoms with E-state index in [0.29, 0.717) is 5.84 Å². The Balaban J connectivity index is 3.50. The predicted octanol–water partition coefficient (Wildman–Crippen LogP) is 0.573. The Morgan fingerprint density at radius 3 is 2.25 bits per heavy atom. The fourth-order valence-corrected chi connectivity index (χ4v) is 0.202. The van der Waals surface area contributed by atoms with Crippen LogP contribution in [-0.2, 0) is 0 Å². The van der Waals surface area contributed by atoms with Crippen molar-refractivity contribution >= 4 is 12.2 Å². The molecule has 0 aromatic heterocycles. The molecule has 0 radical (unpaired) electrons. The predicted molar refractivity (Wildman–Crippen MR) is 35.6 cm³/mol. The maximum absolute atomic E-state index is 6.86. The minimum atomic E-state index is 0.332. The first-order valence-corrected chi connectivity index (χ1v) is 2.38. The summed E-state index contributed by atoms with van der Waals surface area (Å²) in [7, 11) is 3.74. The lowest BCUT2D eigenvalue weighted by molar-refractivity contribution is 0.644. The van der Waals surface area contributed by atoms with Crippen LogP contribution >= 0.6 is 0 Å². The van der Waals surface area contributed by atoms with Crippen molar-refractivity contribution in [3.05, 3.63) is 0 Å². The molecule has 0 amide bonds. The largest absolute Gasteiger partial charge is 0.369 e. The number of aliphatic imine (C=N–C) groups is 1. The van der Waals surface area contributed by atoms with Gasteiger partial charge in [-0.15, -0.1) is 0 Å². The van der Waals surface area contributed by atoms with Gasteiger partial charge in [0.05, 0.1) is 6.34 Å². The van der Waals surface area contributed by atoms with Crippen LogP contribution < -0.4 is 0 Å². The van der Waals surface area contributed by atoms with Gasteiger partial charge in [0.2, 0.25) is 0 Å². The number of rotatable bonds is 1. The van der Waals surface area contributed by atoms with Gasteiger partial charge in [0.1, 0.15) is 5.84 Å². The average Bonchev–Trinajstić information content (AvgIpc) is 1.61. The smallest absolute Gasteiger partial charge is 0.119 e. The monoisotopic (exact) mass is 113 g/mol. The summed E-state index contributed by atoms with van der Waals surface area (Å²) in [4.78, 5) is 5.50. The zero-order chi connectivity index (χ0) is 6.57. The average molecular weight is 113 g/mol. The lowest BCUT2D eigenvalue weighted by Crippen LogP contribution is -2.08. The molecule has 0 aliphatic rings. The summed E-state index contributed by atoms with van der Waals surface area (Å²) in [6.45, 7) is 1.64. The number of nitrogens with zero attached hydrogens (tertiary/aromatic N) is 2. The molecule has 0 aliphatic heterocycles. The summed E-state index contributed by atoms with van der Waals surface area (Å²) in [5.41, 5.74) is 0. The van der Waals surface area contributed by atoms with Crippen molar-refractivity contribution in [3.63, 3.8) is 0 Å². The minimum absolute atomic E-state index is 0.332. The van der Waals surface area contributed by atoms with Gasteiger partial charge in [-0.25, -0.2) is 4.99 Å². The van der Waals surface area contributed by atoms with Crippen molar-refractivity contribution in [1.29, 1.82) is 5.41 Å². The highest BCUT2D eigenvalue weighted by Gasteiger charge is 1.76. The Morgan fingerprint density at radius 2 is 2.12 bits per heavy atom. The lowest BCUT2D eigenvalue weighted by atomic mass is 10.7. The van der Waals surface area contributed by atoms with Gasteiger partial charge < -0.3 is 4.90 Å². The highest BCUT2D eigenvalue weighted by Crippen LogP contribution is 1.70. The van der Waals surface area contributed by atoms with Crippen molar-refractivity contribution in [2.45, 2.75) is 6.92 Å². The van der Waals surface area contributed by atoms with Gasteiger partial charge in [0, 0.05) is 14.1 Å². The van der Waals surface area contributed by atoms with Crippen LogP contribution in [0.5, 0.6) is 0 Å². The van der Waals surface area contributed by atoms with Crippen LogP contribution in [0.1, 0.15) is 6.92 Å². The number of amidine groups is 1. The Labute approximate surface area is 49.5 Å². The van der Waals surface area contributed by atoms with E-state index in [1.165, 1.54) is 0 Å². The molecular weight excluding hydrogens is 102 g/mol. The molecule has 8 heavy (non-hydrogen) atoms. The number of nitrogens with one attached hydrogen (secondary N) is 1. The van der Waals surface area contributed by atoms with Gasteiger partial charge in [-0.3, -0.25) is 5.41 Å². The van der Waals surface area contributed by atoms with E-state index in [1.54, 1.807) is 18.2 Å². The Morgan fingerprint density at radius 1 is 1.62 bits per heavy atom. The highest BCUT2D eigenvalue weighted by molar-refractivity contribution is 5.84. The summed E-state index contributed by atoms with van der Waals surface area (Å²) in [5.74, 6) is 0.332. The molecule has 0 bridgehead atoms. The third-order valence-electron chi connectivity index (χ3n) is 0.482. The first-order chi connectivity index (χ1) is 3.63. The Kier molecular flexibility index (Phi) is 2.84. The van der Waals surface area contributed by atoms with E-state index in [9.17, 15) is 0 Å². The molecule has 0 rings (SSSR count). The summed E-state index contributed by atoms with van der Waals surface area (Å²) in [6.07, 6.45) is 1.60. The molecule has 0 fully saturated rings. The van der Waals surface area contributed by atoms with Crippen molar-refractivity contribution in [1.82, 2.24) is 4.90 Å². The van der Waals surface area contributed by atoms with Gasteiger partial charge in [0.15, 0.2) is 0 Å². The first kappa shape index (κ1) is 7.14. The van der Waals surface area contributed by atoms with Gasteiger partial charge in [-0.1, -0.05) is 0 Å². The van der Waals surface area contributed by atoms with Crippen molar-refractivity contribution in [3.8, 4) is 0 Å². The zero-order valence-corrected chi connectivity index (χ0v) is 5.47. The van der Waals surface area contributed by atoms with E-state index in [1.807, 2.05) is 14.1 Å². The third kappa shape index (κ3) is 5.14. The van der Waals surface area contributed by atoms with Gasteiger partial charge in [-0.2, -0.15) is 0 Å². The minimum Gasteiger partial charge on any atom is -0.369 e. The highest BCUT2D eigenvalue weighted by atomic mass is 15.1. The van der Waals surface area contributed by atoms with Gasteiger partial charge >= 0.3 is 0 Å². The molecule has 0 unspecified atom stereocenters. The molecule has 0 aromatic carbocycles. The topological polar surface area (TPSA) is 39.5 Å². The normalized spacial score (nSPS) is 9.88. The van der Waals surface area contributed by atoms with Crippen LogP contribution in [0.15, 0.2) is 4.99 Å². The molecule has 0 saturated heterocycles. The van der Waals surface area contributed by atoms with Crippen LogP contribution in [0.2, 0.25) is 0 Å². The molecule has 1 N–H and O–H groups in total. The second kappa shape index (κ2) is 3.18. The van der Waals surface area contributed by atoms with E-state index in [-0.39, 0.29) is 0 Å². The fourth-order valence-electron chi connectivity index (χ4n) is 0.202. The number of hydrogen-bond donors (Lipinski definition) is 1. The quantitative estimate of drug-likeness (QED) is 0.392. The van der Waals surface area contributed by atoms with E-state index < -0.39 is 0 Å². The Bertz CT molecular complexity index is 104. The molecule has 0 saturated carbocycles. The molecule has 46 valence electrons. The summed E-state index contributed by atoms with van der Waals surface area (Å²) in [5, 5.41) is 6.86. The maximum Gasteiger partial charge on any atom is 0.119 e. The molecule has 0 heterocycles. The molecular formula is C5H11N3. The van der Waals surface area contributed by atoms with Gasteiger partial charge in [-0.05, 0) is 6.92 Å². The van der Waals surface area contributed by atoms with Crippen LogP contribution in [0.3, 0.4) is 0 Å². The SMILES string of the molecule is CC(=N)/N=C/N(C)C. The fraction of sp³-hybridized carbons (Fsp3) is 0.600. The van der Waals surface area contributed by atoms with E-state index in [2.05, 4.69) is 4.99 Å². The van der Waals surface area contributed by atoms with Crippen molar-refractivity contribution in [2.24, 2.45) is 4.99 Å². The van der Waals surface area contributed by atoms with Crippen LogP contribution in [0.4, 0.5) is 0 Å². The van der Waals surface area contributed by atoms with Crippen LogP contribution in [0.25, 0.3) is 0 Å². The molecule has 0 spiro atoms. The van der Waals surface area contributed by atoms with Gasteiger partial charge in [0.25, 0.3) is 0 Å². The number of hydrogen-bond acceptors (Lipinski definition) is 1. The maximum atomic E-state index is 6.86. The lowest BCUT2D eigenvalue weighted by Gasteiger charge is -1.99. The second-order valence-electron chi connectivity index (χ2n) is 1.79. The summed E-state index contributed by atoms with van der Waals surface area (Å²) < 4.78 is 0. The van der Waals surface area contributed by atoms with E-state index in [0.717, 1.165) is 0 Å². The standard InChI is InChI=1S/C5H11N3/c1-5(6)7-4-8(2)3/h4,6H,1-3H3/b6-5?,7-4+. The third-order valence-corrected chi connectivity index (χ3v) is 0.482. The van der Waals surface area contributed by atoms with E-state index in [4.69, 9.17) is 5.41 Å². The molecule has 3 nitrogen and oxygen atoms in total. The van der Waals surface area contributed by atoms with Crippen molar-refractivity contribution in [2.75, 3.05) is 14.1 Å². The van der Waals surface area contributed by atoms with Crippen molar-refractivity contribution < 1.29 is 0 Å². The second-order valence-corrected chi connectivity index (χ2v) is 1.79. The zero-order valence-electron chi connectivity index (χ0n) is 5.47. The van der Waals surface area contributed by atoms with E-state index >= 15 is 0 Å². The molecule has 0 atom stereocenters. The molecule has 0 aromatic rings. The molecule has 3 heteroatoms. The summed E-state index contributed by atoms with van der Waals surface area (Å²) in [6, 6.07) is 0. The first-order valence-electron chi connectivity index (χ1n) is 2.38. The van der Waals surface area contributed by atoms with Crippen LogP contribution in [0, 0.1) is 5.41 Å². The summed E-state index contributed by atoms with van der Waals surface area (Å²) >= 11 is 0. The van der Waals surface area contributed by atoms with Crippen LogP contribution in [-0.4, -0.2) is 31.2 Å². The molecule has 0 aliphatic carbocycles.